The number of fused-ring (bicyclic) bond motifs is 1. The Kier molecular flexibility index (Phi) is 3.48. The van der Waals surface area contributed by atoms with Gasteiger partial charge in [-0.1, -0.05) is 18.2 Å². The average molecular weight is 261 g/mol. The van der Waals surface area contributed by atoms with Crippen LogP contribution in [0.2, 0.25) is 0 Å². The molecule has 4 heteroatoms. The molecule has 0 aliphatic carbocycles. The Morgan fingerprint density at radius 1 is 1.17 bits per heavy atom. The predicted octanol–water partition coefficient (Wildman–Crippen LogP) is 2.21. The Morgan fingerprint density at radius 3 is 2.83 bits per heavy atom. The summed E-state index contributed by atoms with van der Waals surface area (Å²) in [6.07, 6.45) is 3.86. The number of nitrogens with one attached hydrogen (secondary N) is 2. The SMILES string of the molecule is S=C(Nc1ccccc1)NC1CCN2CCCC12. The van der Waals surface area contributed by atoms with Gasteiger partial charge in [-0.2, -0.15) is 0 Å². The second kappa shape index (κ2) is 5.24. The molecule has 96 valence electrons. The second-order valence-corrected chi connectivity index (χ2v) is 5.51. The van der Waals surface area contributed by atoms with Gasteiger partial charge in [-0.25, -0.2) is 0 Å². The zero-order chi connectivity index (χ0) is 12.4. The van der Waals surface area contributed by atoms with Crippen LogP contribution in [0.15, 0.2) is 30.3 Å². The van der Waals surface area contributed by atoms with E-state index in [0.29, 0.717) is 12.1 Å². The van der Waals surface area contributed by atoms with Crippen molar-refractivity contribution in [2.24, 2.45) is 0 Å². The molecule has 2 saturated heterocycles. The summed E-state index contributed by atoms with van der Waals surface area (Å²) in [5, 5.41) is 7.48. The highest BCUT2D eigenvalue weighted by molar-refractivity contribution is 7.80. The fourth-order valence-electron chi connectivity index (χ4n) is 3.11. The molecule has 2 fully saturated rings. The molecule has 0 bridgehead atoms. The third-order valence-corrected chi connectivity index (χ3v) is 4.17. The lowest BCUT2D eigenvalue weighted by atomic mass is 10.1. The van der Waals surface area contributed by atoms with Gasteiger partial charge in [-0.05, 0) is 50.2 Å². The van der Waals surface area contributed by atoms with Crippen LogP contribution < -0.4 is 10.6 Å². The molecule has 0 radical (unpaired) electrons. The molecule has 2 N–H and O–H groups in total. The number of para-hydroxylation sites is 1. The van der Waals surface area contributed by atoms with Crippen LogP contribution in [0.25, 0.3) is 0 Å². The topological polar surface area (TPSA) is 27.3 Å². The van der Waals surface area contributed by atoms with Crippen molar-refractivity contribution in [3.8, 4) is 0 Å². The summed E-state index contributed by atoms with van der Waals surface area (Å²) < 4.78 is 0. The molecular formula is C14H19N3S. The molecule has 3 nitrogen and oxygen atoms in total. The third kappa shape index (κ3) is 2.49. The fraction of sp³-hybridized carbons (Fsp3) is 0.500. The van der Waals surface area contributed by atoms with Crippen LogP contribution in [0, 0.1) is 0 Å². The van der Waals surface area contributed by atoms with Gasteiger partial charge in [0.2, 0.25) is 0 Å². The summed E-state index contributed by atoms with van der Waals surface area (Å²) in [5.41, 5.74) is 1.05. The first kappa shape index (κ1) is 11.9. The molecule has 2 heterocycles. The number of nitrogens with zero attached hydrogens (tertiary/aromatic N) is 1. The van der Waals surface area contributed by atoms with E-state index in [9.17, 15) is 0 Å². The monoisotopic (exact) mass is 261 g/mol. The Morgan fingerprint density at radius 2 is 2.00 bits per heavy atom. The van der Waals surface area contributed by atoms with E-state index < -0.39 is 0 Å². The second-order valence-electron chi connectivity index (χ2n) is 5.11. The molecule has 0 saturated carbocycles. The van der Waals surface area contributed by atoms with Gasteiger partial charge in [-0.3, -0.25) is 4.90 Å². The molecule has 2 aliphatic rings. The van der Waals surface area contributed by atoms with Gasteiger partial charge in [0, 0.05) is 24.3 Å². The molecule has 0 aromatic heterocycles. The van der Waals surface area contributed by atoms with E-state index >= 15 is 0 Å². The quantitative estimate of drug-likeness (QED) is 0.798. The normalized spacial score (nSPS) is 26.9. The lowest BCUT2D eigenvalue weighted by Crippen LogP contribution is -2.44. The number of anilines is 1. The summed E-state index contributed by atoms with van der Waals surface area (Å²) in [6.45, 7) is 2.48. The molecule has 18 heavy (non-hydrogen) atoms. The van der Waals surface area contributed by atoms with Crippen molar-refractivity contribution in [2.75, 3.05) is 18.4 Å². The highest BCUT2D eigenvalue weighted by Crippen LogP contribution is 2.27. The van der Waals surface area contributed by atoms with Crippen molar-refractivity contribution in [1.82, 2.24) is 10.2 Å². The molecule has 0 spiro atoms. The van der Waals surface area contributed by atoms with Gasteiger partial charge in [0.15, 0.2) is 5.11 Å². The smallest absolute Gasteiger partial charge is 0.171 e. The van der Waals surface area contributed by atoms with Crippen LogP contribution in [0.5, 0.6) is 0 Å². The highest BCUT2D eigenvalue weighted by atomic mass is 32.1. The molecule has 3 rings (SSSR count). The largest absolute Gasteiger partial charge is 0.358 e. The van der Waals surface area contributed by atoms with E-state index in [2.05, 4.69) is 15.5 Å². The molecule has 2 aliphatic heterocycles. The van der Waals surface area contributed by atoms with Crippen LogP contribution in [-0.4, -0.2) is 35.2 Å². The third-order valence-electron chi connectivity index (χ3n) is 3.95. The molecule has 1 aromatic rings. The molecule has 2 unspecified atom stereocenters. The maximum atomic E-state index is 5.39. The van der Waals surface area contributed by atoms with E-state index in [1.165, 1.54) is 32.4 Å². The summed E-state index contributed by atoms with van der Waals surface area (Å²) >= 11 is 5.39. The Labute approximate surface area is 114 Å². The van der Waals surface area contributed by atoms with Gasteiger partial charge < -0.3 is 10.6 Å². The van der Waals surface area contributed by atoms with Crippen LogP contribution in [0.3, 0.4) is 0 Å². The van der Waals surface area contributed by atoms with E-state index in [-0.39, 0.29) is 0 Å². The number of hydrogen-bond acceptors (Lipinski definition) is 2. The molecular weight excluding hydrogens is 242 g/mol. The Hall–Kier alpha value is -1.13. The summed E-state index contributed by atoms with van der Waals surface area (Å²) in [7, 11) is 0. The minimum Gasteiger partial charge on any atom is -0.358 e. The summed E-state index contributed by atoms with van der Waals surface area (Å²) in [4.78, 5) is 2.59. The number of rotatable bonds is 2. The van der Waals surface area contributed by atoms with Crippen LogP contribution in [0.4, 0.5) is 5.69 Å². The van der Waals surface area contributed by atoms with E-state index in [4.69, 9.17) is 12.2 Å². The first-order valence-corrected chi connectivity index (χ1v) is 7.10. The number of thiocarbonyl (C=S) groups is 1. The standard InChI is InChI=1S/C14H19N3S/c18-14(15-11-5-2-1-3-6-11)16-12-8-10-17-9-4-7-13(12)17/h1-3,5-6,12-13H,4,7-10H2,(H2,15,16,18). The minimum atomic E-state index is 0.524. The molecule has 0 amide bonds. The first-order chi connectivity index (χ1) is 8.83. The van der Waals surface area contributed by atoms with Crippen molar-refractivity contribution in [2.45, 2.75) is 31.3 Å². The number of hydrogen-bond donors (Lipinski definition) is 2. The first-order valence-electron chi connectivity index (χ1n) is 6.69. The summed E-state index contributed by atoms with van der Waals surface area (Å²) in [6, 6.07) is 11.3. The van der Waals surface area contributed by atoms with Gasteiger partial charge in [0.25, 0.3) is 0 Å². The van der Waals surface area contributed by atoms with Crippen LogP contribution >= 0.6 is 12.2 Å². The highest BCUT2D eigenvalue weighted by Gasteiger charge is 2.37. The van der Waals surface area contributed by atoms with Crippen molar-refractivity contribution < 1.29 is 0 Å². The molecule has 1 aromatic carbocycles. The van der Waals surface area contributed by atoms with E-state index in [0.717, 1.165) is 10.8 Å². The van der Waals surface area contributed by atoms with Crippen LogP contribution in [0.1, 0.15) is 19.3 Å². The Bertz CT molecular complexity index is 420. The summed E-state index contributed by atoms with van der Waals surface area (Å²) in [5.74, 6) is 0. The maximum Gasteiger partial charge on any atom is 0.171 e. The van der Waals surface area contributed by atoms with Crippen LogP contribution in [-0.2, 0) is 0 Å². The van der Waals surface area contributed by atoms with E-state index in [1.807, 2.05) is 30.3 Å². The van der Waals surface area contributed by atoms with Gasteiger partial charge in [0.1, 0.15) is 0 Å². The predicted molar refractivity (Wildman–Crippen MR) is 78.8 cm³/mol. The Balaban J connectivity index is 1.55. The fourth-order valence-corrected chi connectivity index (χ4v) is 3.38. The van der Waals surface area contributed by atoms with Gasteiger partial charge in [-0.15, -0.1) is 0 Å². The van der Waals surface area contributed by atoms with Gasteiger partial charge in [0.05, 0.1) is 0 Å². The van der Waals surface area contributed by atoms with Crippen molar-refractivity contribution >= 4 is 23.0 Å². The van der Waals surface area contributed by atoms with Crippen molar-refractivity contribution in [3.63, 3.8) is 0 Å². The van der Waals surface area contributed by atoms with Crippen molar-refractivity contribution in [3.05, 3.63) is 30.3 Å². The lowest BCUT2D eigenvalue weighted by Gasteiger charge is -2.22. The lowest BCUT2D eigenvalue weighted by molar-refractivity contribution is 0.308. The van der Waals surface area contributed by atoms with Crippen molar-refractivity contribution in [1.29, 1.82) is 0 Å². The zero-order valence-corrected chi connectivity index (χ0v) is 11.2. The maximum absolute atomic E-state index is 5.39. The zero-order valence-electron chi connectivity index (χ0n) is 10.4. The van der Waals surface area contributed by atoms with E-state index in [1.54, 1.807) is 0 Å². The minimum absolute atomic E-state index is 0.524. The van der Waals surface area contributed by atoms with Gasteiger partial charge >= 0.3 is 0 Å². The number of benzene rings is 1. The molecule has 2 atom stereocenters. The average Bonchev–Trinajstić information content (AvgIpc) is 2.95.